The zero-order valence-corrected chi connectivity index (χ0v) is 14.7. The van der Waals surface area contributed by atoms with Gasteiger partial charge in [0.2, 0.25) is 5.88 Å². The van der Waals surface area contributed by atoms with E-state index in [1.807, 2.05) is 67.1 Å². The SMILES string of the molecule is COC(=O)C(N)Cc1c(Oc2ccc(C)cc2)n(C)c2ccccc12. The van der Waals surface area contributed by atoms with Crippen LogP contribution in [0.3, 0.4) is 0 Å². The fourth-order valence-electron chi connectivity index (χ4n) is 2.95. The molecule has 1 aromatic heterocycles. The summed E-state index contributed by atoms with van der Waals surface area (Å²) in [5, 5.41) is 1.02. The summed E-state index contributed by atoms with van der Waals surface area (Å²) in [4.78, 5) is 11.8. The number of hydrogen-bond donors (Lipinski definition) is 1. The molecule has 130 valence electrons. The lowest BCUT2D eigenvalue weighted by molar-refractivity contribution is -0.142. The molecular formula is C20H22N2O3. The number of carbonyl (C=O) groups excluding carboxylic acids is 1. The number of methoxy groups -OCH3 is 1. The Morgan fingerprint density at radius 1 is 1.16 bits per heavy atom. The molecule has 0 amide bonds. The molecule has 0 saturated carbocycles. The van der Waals surface area contributed by atoms with Gasteiger partial charge in [0.25, 0.3) is 0 Å². The van der Waals surface area contributed by atoms with E-state index < -0.39 is 12.0 Å². The molecule has 3 aromatic rings. The zero-order chi connectivity index (χ0) is 18.0. The molecule has 0 saturated heterocycles. The Labute approximate surface area is 147 Å². The lowest BCUT2D eigenvalue weighted by Gasteiger charge is -2.13. The van der Waals surface area contributed by atoms with Crippen LogP contribution >= 0.6 is 0 Å². The minimum Gasteiger partial charge on any atom is -0.468 e. The van der Waals surface area contributed by atoms with Crippen molar-refractivity contribution in [2.45, 2.75) is 19.4 Å². The second kappa shape index (κ2) is 6.99. The molecule has 0 fully saturated rings. The molecule has 5 nitrogen and oxygen atoms in total. The van der Waals surface area contributed by atoms with Crippen molar-refractivity contribution in [2.24, 2.45) is 12.8 Å². The van der Waals surface area contributed by atoms with E-state index in [2.05, 4.69) is 0 Å². The molecule has 1 unspecified atom stereocenters. The summed E-state index contributed by atoms with van der Waals surface area (Å²) < 4.78 is 12.9. The summed E-state index contributed by atoms with van der Waals surface area (Å²) in [6.45, 7) is 2.03. The van der Waals surface area contributed by atoms with E-state index in [-0.39, 0.29) is 0 Å². The lowest BCUT2D eigenvalue weighted by Crippen LogP contribution is -2.33. The second-order valence-electron chi connectivity index (χ2n) is 6.11. The summed E-state index contributed by atoms with van der Waals surface area (Å²) in [5.74, 6) is 0.989. The van der Waals surface area contributed by atoms with E-state index >= 15 is 0 Å². The average molecular weight is 338 g/mol. The predicted molar refractivity (Wildman–Crippen MR) is 97.9 cm³/mol. The van der Waals surface area contributed by atoms with Crippen molar-refractivity contribution in [1.82, 2.24) is 4.57 Å². The van der Waals surface area contributed by atoms with Crippen molar-refractivity contribution in [3.05, 3.63) is 59.7 Å². The Kier molecular flexibility index (Phi) is 4.76. The van der Waals surface area contributed by atoms with Crippen molar-refractivity contribution in [1.29, 1.82) is 0 Å². The highest BCUT2D eigenvalue weighted by molar-refractivity contribution is 5.88. The van der Waals surface area contributed by atoms with Gasteiger partial charge in [0.1, 0.15) is 11.8 Å². The molecule has 5 heteroatoms. The van der Waals surface area contributed by atoms with Gasteiger partial charge in [0.15, 0.2) is 0 Å². The smallest absolute Gasteiger partial charge is 0.322 e. The maximum Gasteiger partial charge on any atom is 0.322 e. The van der Waals surface area contributed by atoms with Gasteiger partial charge in [-0.15, -0.1) is 0 Å². The second-order valence-corrected chi connectivity index (χ2v) is 6.11. The van der Waals surface area contributed by atoms with Crippen LogP contribution in [-0.4, -0.2) is 23.7 Å². The topological polar surface area (TPSA) is 66.5 Å². The van der Waals surface area contributed by atoms with Gasteiger partial charge in [-0.2, -0.15) is 0 Å². The Bertz CT molecular complexity index is 897. The highest BCUT2D eigenvalue weighted by Gasteiger charge is 2.23. The van der Waals surface area contributed by atoms with Crippen LogP contribution in [0.1, 0.15) is 11.1 Å². The van der Waals surface area contributed by atoms with Gasteiger partial charge in [-0.1, -0.05) is 35.9 Å². The third-order valence-electron chi connectivity index (χ3n) is 4.32. The molecule has 1 atom stereocenters. The third-order valence-corrected chi connectivity index (χ3v) is 4.32. The zero-order valence-electron chi connectivity index (χ0n) is 14.7. The summed E-state index contributed by atoms with van der Waals surface area (Å²) in [6.07, 6.45) is 0.342. The first-order valence-electron chi connectivity index (χ1n) is 8.15. The first-order valence-corrected chi connectivity index (χ1v) is 8.15. The number of carbonyl (C=O) groups is 1. The van der Waals surface area contributed by atoms with Crippen LogP contribution in [0.5, 0.6) is 11.6 Å². The van der Waals surface area contributed by atoms with Crippen molar-refractivity contribution >= 4 is 16.9 Å². The third kappa shape index (κ3) is 3.37. The van der Waals surface area contributed by atoms with E-state index in [4.69, 9.17) is 15.2 Å². The molecule has 2 aromatic carbocycles. The number of rotatable bonds is 5. The van der Waals surface area contributed by atoms with Crippen LogP contribution < -0.4 is 10.5 Å². The number of nitrogens with two attached hydrogens (primary N) is 1. The molecule has 0 spiro atoms. The van der Waals surface area contributed by atoms with Crippen molar-refractivity contribution in [3.63, 3.8) is 0 Å². The predicted octanol–water partition coefficient (Wildman–Crippen LogP) is 3.32. The summed E-state index contributed by atoms with van der Waals surface area (Å²) in [5.41, 5.74) is 9.09. The molecule has 0 bridgehead atoms. The van der Waals surface area contributed by atoms with Gasteiger partial charge in [0.05, 0.1) is 12.6 Å². The first-order chi connectivity index (χ1) is 12.0. The monoisotopic (exact) mass is 338 g/mol. The van der Waals surface area contributed by atoms with Crippen LogP contribution in [0.4, 0.5) is 0 Å². The van der Waals surface area contributed by atoms with E-state index in [9.17, 15) is 4.79 Å². The molecule has 0 radical (unpaired) electrons. The van der Waals surface area contributed by atoms with Crippen LogP contribution in [0.25, 0.3) is 10.9 Å². The molecular weight excluding hydrogens is 316 g/mol. The van der Waals surface area contributed by atoms with Crippen LogP contribution in [0, 0.1) is 6.92 Å². The van der Waals surface area contributed by atoms with Crippen LogP contribution in [0.2, 0.25) is 0 Å². The number of hydrogen-bond acceptors (Lipinski definition) is 4. The molecule has 0 aliphatic carbocycles. The van der Waals surface area contributed by atoms with Gasteiger partial charge in [-0.05, 0) is 25.1 Å². The standard InChI is InChI=1S/C20H22N2O3/c1-13-8-10-14(11-9-13)25-19-16(12-17(21)20(23)24-3)15-6-4-5-7-18(15)22(19)2/h4-11,17H,12,21H2,1-3H3. The first kappa shape index (κ1) is 17.0. The highest BCUT2D eigenvalue weighted by Crippen LogP contribution is 2.35. The Morgan fingerprint density at radius 2 is 1.84 bits per heavy atom. The molecule has 0 aliphatic rings. The largest absolute Gasteiger partial charge is 0.468 e. The Balaban J connectivity index is 2.06. The minimum atomic E-state index is -0.740. The lowest BCUT2D eigenvalue weighted by atomic mass is 10.1. The molecule has 25 heavy (non-hydrogen) atoms. The molecule has 1 heterocycles. The Hall–Kier alpha value is -2.79. The van der Waals surface area contributed by atoms with Crippen LogP contribution in [0.15, 0.2) is 48.5 Å². The van der Waals surface area contributed by atoms with Crippen LogP contribution in [-0.2, 0) is 23.0 Å². The number of benzene rings is 2. The van der Waals surface area contributed by atoms with Crippen molar-refractivity contribution < 1.29 is 14.3 Å². The quantitative estimate of drug-likeness (QED) is 0.725. The summed E-state index contributed by atoms with van der Waals surface area (Å²) in [6, 6.07) is 15.1. The fraction of sp³-hybridized carbons (Fsp3) is 0.250. The van der Waals surface area contributed by atoms with E-state index in [1.54, 1.807) is 0 Å². The molecule has 2 N–H and O–H groups in total. The maximum absolute atomic E-state index is 11.8. The normalized spacial score (nSPS) is 12.2. The number of esters is 1. The fourth-order valence-corrected chi connectivity index (χ4v) is 2.95. The number of aromatic nitrogens is 1. The Morgan fingerprint density at radius 3 is 2.52 bits per heavy atom. The minimum absolute atomic E-state index is 0.342. The average Bonchev–Trinajstić information content (AvgIpc) is 2.89. The molecule has 3 rings (SSSR count). The number of ether oxygens (including phenoxy) is 2. The van der Waals surface area contributed by atoms with Crippen molar-refractivity contribution in [3.8, 4) is 11.6 Å². The van der Waals surface area contributed by atoms with E-state index in [0.717, 1.165) is 27.8 Å². The van der Waals surface area contributed by atoms with Gasteiger partial charge in [-0.3, -0.25) is 4.79 Å². The van der Waals surface area contributed by atoms with Gasteiger partial charge in [0, 0.05) is 24.4 Å². The number of aryl methyl sites for hydroxylation is 2. The summed E-state index contributed by atoms with van der Waals surface area (Å²) in [7, 11) is 3.29. The van der Waals surface area contributed by atoms with E-state index in [1.165, 1.54) is 7.11 Å². The highest BCUT2D eigenvalue weighted by atomic mass is 16.5. The maximum atomic E-state index is 11.8. The van der Waals surface area contributed by atoms with Gasteiger partial charge < -0.3 is 19.8 Å². The molecule has 0 aliphatic heterocycles. The van der Waals surface area contributed by atoms with Crippen molar-refractivity contribution in [2.75, 3.05) is 7.11 Å². The van der Waals surface area contributed by atoms with E-state index in [0.29, 0.717) is 12.3 Å². The number of nitrogens with zero attached hydrogens (tertiary/aromatic N) is 1. The van der Waals surface area contributed by atoms with Gasteiger partial charge in [-0.25, -0.2) is 0 Å². The summed E-state index contributed by atoms with van der Waals surface area (Å²) >= 11 is 0. The van der Waals surface area contributed by atoms with Gasteiger partial charge >= 0.3 is 5.97 Å². The number of fused-ring (bicyclic) bond motifs is 1. The number of para-hydroxylation sites is 1.